The Kier molecular flexibility index (Phi) is 4.14. The van der Waals surface area contributed by atoms with E-state index in [1.165, 1.54) is 6.07 Å². The van der Waals surface area contributed by atoms with Crippen LogP contribution in [0.3, 0.4) is 0 Å². The maximum atomic E-state index is 9.98. The fourth-order valence-corrected chi connectivity index (χ4v) is 0.442. The average molecular weight is 165 g/mol. The second kappa shape index (κ2) is 4.09. The van der Waals surface area contributed by atoms with Gasteiger partial charge in [0.1, 0.15) is 5.82 Å². The predicted octanol–water partition coefficient (Wildman–Crippen LogP) is -4.64. The van der Waals surface area contributed by atoms with Crippen molar-refractivity contribution in [2.24, 2.45) is 0 Å². The Balaban J connectivity index is 0.000000810. The number of carbonyl (C=O) groups is 1. The molecule has 0 aliphatic rings. The molecule has 0 fully saturated rings. The maximum Gasteiger partial charge on any atom is 1.00 e. The molecule has 0 saturated carbocycles. The van der Waals surface area contributed by atoms with Crippen molar-refractivity contribution in [1.29, 1.82) is 0 Å². The molecule has 0 unspecified atom stereocenters. The Labute approximate surface area is 99.4 Å². The quantitative estimate of drug-likeness (QED) is 0.409. The zero-order valence-electron chi connectivity index (χ0n) is 5.42. The van der Waals surface area contributed by atoms with E-state index >= 15 is 0 Å². The van der Waals surface area contributed by atoms with Crippen molar-refractivity contribution in [3.05, 3.63) is 11.8 Å². The summed E-state index contributed by atoms with van der Waals surface area (Å²) in [5.74, 6) is -1.16. The summed E-state index contributed by atoms with van der Waals surface area (Å²) < 4.78 is 0. The van der Waals surface area contributed by atoms with Gasteiger partial charge < -0.3 is 15.6 Å². The number of nitrogens with one attached hydrogen (secondary N) is 1. The summed E-state index contributed by atoms with van der Waals surface area (Å²) in [4.78, 5) is 9.98. The van der Waals surface area contributed by atoms with Gasteiger partial charge in [-0.1, -0.05) is 0 Å². The normalized spacial score (nSPS) is 8.40. The summed E-state index contributed by atoms with van der Waals surface area (Å²) in [5, 5.41) is 15.5. The summed E-state index contributed by atoms with van der Waals surface area (Å²) in [5.41, 5.74) is 4.98. The standard InChI is InChI=1S/C4H5N3O2.K/c5-3-1-2(4(8)9)6-7-3;/h1H,(H,8,9)(H3,5,6,7);/q;+1/p-1. The van der Waals surface area contributed by atoms with E-state index in [2.05, 4.69) is 10.2 Å². The third-order valence-corrected chi connectivity index (χ3v) is 0.818. The van der Waals surface area contributed by atoms with Gasteiger partial charge >= 0.3 is 51.4 Å². The smallest absolute Gasteiger partial charge is 0.543 e. The van der Waals surface area contributed by atoms with Gasteiger partial charge in [0.2, 0.25) is 0 Å². The Morgan fingerprint density at radius 3 is 2.60 bits per heavy atom. The van der Waals surface area contributed by atoms with Crippen LogP contribution in [0.2, 0.25) is 0 Å². The molecule has 0 atom stereocenters. The summed E-state index contributed by atoms with van der Waals surface area (Å²) in [6, 6.07) is 1.19. The molecule has 0 radical (unpaired) electrons. The minimum Gasteiger partial charge on any atom is -0.543 e. The third kappa shape index (κ3) is 2.39. The van der Waals surface area contributed by atoms with Gasteiger partial charge in [-0.05, 0) is 0 Å². The zero-order chi connectivity index (χ0) is 6.85. The number of nitrogens with zero attached hydrogens (tertiary/aromatic N) is 1. The minimum atomic E-state index is -1.31. The monoisotopic (exact) mass is 165 g/mol. The topological polar surface area (TPSA) is 94.8 Å². The molecule has 0 amide bonds. The Hall–Kier alpha value is 0.116. The largest absolute Gasteiger partial charge is 1.00 e. The van der Waals surface area contributed by atoms with Gasteiger partial charge in [0.15, 0.2) is 0 Å². The number of carboxylic acids is 1. The van der Waals surface area contributed by atoms with Gasteiger partial charge in [-0.3, -0.25) is 5.10 Å². The van der Waals surface area contributed by atoms with E-state index in [0.29, 0.717) is 0 Å². The molecular weight excluding hydrogens is 161 g/mol. The molecule has 0 saturated heterocycles. The van der Waals surface area contributed by atoms with Crippen LogP contribution in [-0.2, 0) is 0 Å². The second-order valence-corrected chi connectivity index (χ2v) is 1.49. The third-order valence-electron chi connectivity index (χ3n) is 0.818. The molecule has 3 N–H and O–H groups in total. The first-order valence-corrected chi connectivity index (χ1v) is 2.22. The molecule has 6 heteroatoms. The number of hydrogen-bond donors (Lipinski definition) is 2. The molecule has 48 valence electrons. The van der Waals surface area contributed by atoms with Crippen molar-refractivity contribution in [1.82, 2.24) is 10.2 Å². The van der Waals surface area contributed by atoms with Gasteiger partial charge in [-0.2, -0.15) is 5.10 Å². The van der Waals surface area contributed by atoms with Crippen LogP contribution >= 0.6 is 0 Å². The molecule has 5 nitrogen and oxygen atoms in total. The first kappa shape index (κ1) is 10.1. The first-order chi connectivity index (χ1) is 4.20. The van der Waals surface area contributed by atoms with Gasteiger partial charge in [-0.15, -0.1) is 0 Å². The number of H-pyrrole nitrogens is 1. The van der Waals surface area contributed by atoms with Crippen LogP contribution in [0, 0.1) is 0 Å². The maximum absolute atomic E-state index is 9.98. The number of aromatic carboxylic acids is 1. The van der Waals surface area contributed by atoms with Crippen molar-refractivity contribution < 1.29 is 61.3 Å². The minimum absolute atomic E-state index is 0. The molecule has 10 heavy (non-hydrogen) atoms. The van der Waals surface area contributed by atoms with E-state index < -0.39 is 5.97 Å². The summed E-state index contributed by atoms with van der Waals surface area (Å²) in [6.07, 6.45) is 0. The molecular formula is C4H4KN3O2. The number of hydrogen-bond acceptors (Lipinski definition) is 4. The van der Waals surface area contributed by atoms with E-state index in [1.807, 2.05) is 0 Å². The number of nitrogens with two attached hydrogens (primary N) is 1. The van der Waals surface area contributed by atoms with Crippen LogP contribution in [0.15, 0.2) is 6.07 Å². The average Bonchev–Trinajstić information content (AvgIpc) is 2.14. The number of rotatable bonds is 1. The number of aromatic nitrogens is 2. The van der Waals surface area contributed by atoms with Crippen molar-refractivity contribution in [3.63, 3.8) is 0 Å². The second-order valence-electron chi connectivity index (χ2n) is 1.49. The van der Waals surface area contributed by atoms with Crippen LogP contribution in [0.1, 0.15) is 10.5 Å². The van der Waals surface area contributed by atoms with Crippen molar-refractivity contribution in [2.75, 3.05) is 5.73 Å². The molecule has 1 rings (SSSR count). The van der Waals surface area contributed by atoms with Crippen LogP contribution in [0.25, 0.3) is 0 Å². The van der Waals surface area contributed by atoms with Crippen LogP contribution in [0.5, 0.6) is 0 Å². The number of nitrogen functional groups attached to an aromatic ring is 1. The molecule has 0 aromatic carbocycles. The fraction of sp³-hybridized carbons (Fsp3) is 0. The first-order valence-electron chi connectivity index (χ1n) is 2.22. The number of carbonyl (C=O) groups excluding carboxylic acids is 1. The van der Waals surface area contributed by atoms with Crippen LogP contribution < -0.4 is 62.2 Å². The number of carboxylic acid groups (broad SMARTS) is 1. The molecule has 1 aromatic heterocycles. The molecule has 0 spiro atoms. The molecule has 0 aliphatic carbocycles. The van der Waals surface area contributed by atoms with E-state index in [-0.39, 0.29) is 62.9 Å². The van der Waals surface area contributed by atoms with Crippen LogP contribution in [-0.4, -0.2) is 16.2 Å². The number of aromatic amines is 1. The van der Waals surface area contributed by atoms with E-state index in [0.717, 1.165) is 0 Å². The predicted molar refractivity (Wildman–Crippen MR) is 27.3 cm³/mol. The van der Waals surface area contributed by atoms with Crippen molar-refractivity contribution >= 4 is 11.8 Å². The Morgan fingerprint density at radius 1 is 1.80 bits per heavy atom. The van der Waals surface area contributed by atoms with Gasteiger partial charge in [0, 0.05) is 6.07 Å². The van der Waals surface area contributed by atoms with E-state index in [9.17, 15) is 9.90 Å². The molecule has 0 bridgehead atoms. The van der Waals surface area contributed by atoms with E-state index in [4.69, 9.17) is 5.73 Å². The summed E-state index contributed by atoms with van der Waals surface area (Å²) in [6.45, 7) is 0. The Morgan fingerprint density at radius 2 is 2.40 bits per heavy atom. The summed E-state index contributed by atoms with van der Waals surface area (Å²) >= 11 is 0. The molecule has 0 aliphatic heterocycles. The molecule has 1 heterocycles. The van der Waals surface area contributed by atoms with Crippen molar-refractivity contribution in [2.45, 2.75) is 0 Å². The van der Waals surface area contributed by atoms with Gasteiger partial charge in [0.05, 0.1) is 11.7 Å². The SMILES string of the molecule is Nc1cc(C(=O)[O-])[nH]n1.[K+]. The van der Waals surface area contributed by atoms with E-state index in [1.54, 1.807) is 0 Å². The summed E-state index contributed by atoms with van der Waals surface area (Å²) in [7, 11) is 0. The fourth-order valence-electron chi connectivity index (χ4n) is 0.442. The van der Waals surface area contributed by atoms with Gasteiger partial charge in [0.25, 0.3) is 0 Å². The Bertz CT molecular complexity index is 234. The molecule has 1 aromatic rings. The zero-order valence-corrected chi connectivity index (χ0v) is 8.54. The van der Waals surface area contributed by atoms with Gasteiger partial charge in [-0.25, -0.2) is 0 Å². The van der Waals surface area contributed by atoms with Crippen LogP contribution in [0.4, 0.5) is 5.82 Å². The number of anilines is 1. The van der Waals surface area contributed by atoms with Crippen molar-refractivity contribution in [3.8, 4) is 0 Å².